The van der Waals surface area contributed by atoms with Crippen molar-refractivity contribution in [2.75, 3.05) is 32.7 Å². The molecular formula is C14H21N3OS. The molecule has 4 nitrogen and oxygen atoms in total. The van der Waals surface area contributed by atoms with Crippen LogP contribution >= 0.6 is 12.2 Å². The lowest BCUT2D eigenvalue weighted by Crippen LogP contribution is -2.48. The number of benzene rings is 1. The van der Waals surface area contributed by atoms with Crippen LogP contribution in [-0.2, 0) is 13.2 Å². The third-order valence-corrected chi connectivity index (χ3v) is 3.59. The van der Waals surface area contributed by atoms with Crippen LogP contribution in [0.1, 0.15) is 11.1 Å². The zero-order valence-corrected chi connectivity index (χ0v) is 11.9. The molecule has 1 fully saturated rings. The Balaban J connectivity index is 1.80. The van der Waals surface area contributed by atoms with E-state index in [1.165, 1.54) is 5.56 Å². The summed E-state index contributed by atoms with van der Waals surface area (Å²) in [6, 6.07) is 8.15. The first-order valence-electron chi connectivity index (χ1n) is 6.59. The third kappa shape index (κ3) is 4.54. The molecule has 0 saturated carbocycles. The highest BCUT2D eigenvalue weighted by atomic mass is 32.1. The second-order valence-electron chi connectivity index (χ2n) is 4.99. The largest absolute Gasteiger partial charge is 0.392 e. The van der Waals surface area contributed by atoms with Crippen LogP contribution in [-0.4, -0.2) is 52.6 Å². The molecule has 19 heavy (non-hydrogen) atoms. The van der Waals surface area contributed by atoms with Crippen LogP contribution in [0.4, 0.5) is 0 Å². The van der Waals surface area contributed by atoms with Crippen molar-refractivity contribution < 1.29 is 5.11 Å². The molecule has 0 bridgehead atoms. The minimum atomic E-state index is 0.109. The molecule has 0 aliphatic carbocycles. The molecule has 1 saturated heterocycles. The number of piperazine rings is 1. The molecule has 0 radical (unpaired) electrons. The summed E-state index contributed by atoms with van der Waals surface area (Å²) in [5.74, 6) is 0. The predicted molar refractivity (Wildman–Crippen MR) is 80.9 cm³/mol. The first-order chi connectivity index (χ1) is 9.17. The Kier molecular flexibility index (Phi) is 5.27. The Bertz CT molecular complexity index is 413. The number of hydrogen-bond acceptors (Lipinski definition) is 4. The minimum Gasteiger partial charge on any atom is -0.392 e. The summed E-state index contributed by atoms with van der Waals surface area (Å²) < 4.78 is 0. The molecule has 1 heterocycles. The summed E-state index contributed by atoms with van der Waals surface area (Å²) in [4.78, 5) is 5.31. The average molecular weight is 279 g/mol. The minimum absolute atomic E-state index is 0.109. The van der Waals surface area contributed by atoms with Crippen LogP contribution in [0.15, 0.2) is 24.3 Å². The normalized spacial score (nSPS) is 17.5. The predicted octanol–water partition coefficient (Wildman–Crippen LogP) is 0.583. The maximum absolute atomic E-state index is 9.01. The monoisotopic (exact) mass is 279 g/mol. The third-order valence-electron chi connectivity index (χ3n) is 3.46. The standard InChI is InChI=1S/C14H21N3OS/c15-14(19)10-17-7-5-16(6-8-17)9-12-1-3-13(11-18)4-2-12/h1-4,18H,5-11H2,(H2,15,19). The van der Waals surface area contributed by atoms with E-state index in [1.54, 1.807) is 0 Å². The van der Waals surface area contributed by atoms with Gasteiger partial charge in [0.15, 0.2) is 0 Å². The number of nitrogens with two attached hydrogens (primary N) is 1. The fraction of sp³-hybridized carbons (Fsp3) is 0.500. The Morgan fingerprint density at radius 2 is 1.58 bits per heavy atom. The van der Waals surface area contributed by atoms with Crippen molar-refractivity contribution in [1.29, 1.82) is 0 Å². The van der Waals surface area contributed by atoms with Crippen molar-refractivity contribution in [3.63, 3.8) is 0 Å². The Morgan fingerprint density at radius 1 is 1.05 bits per heavy atom. The fourth-order valence-corrected chi connectivity index (χ4v) is 2.52. The zero-order valence-electron chi connectivity index (χ0n) is 11.1. The number of aliphatic hydroxyl groups is 1. The molecule has 1 aliphatic heterocycles. The number of rotatable bonds is 5. The van der Waals surface area contributed by atoms with E-state index in [0.29, 0.717) is 4.99 Å². The van der Waals surface area contributed by atoms with Gasteiger partial charge in [0.25, 0.3) is 0 Å². The molecule has 5 heteroatoms. The van der Waals surface area contributed by atoms with Gasteiger partial charge in [-0.3, -0.25) is 9.80 Å². The van der Waals surface area contributed by atoms with Crippen molar-refractivity contribution >= 4 is 17.2 Å². The average Bonchev–Trinajstić information content (AvgIpc) is 2.41. The van der Waals surface area contributed by atoms with Gasteiger partial charge in [-0.05, 0) is 11.1 Å². The summed E-state index contributed by atoms with van der Waals surface area (Å²) in [5, 5.41) is 9.01. The van der Waals surface area contributed by atoms with Crippen LogP contribution in [0.25, 0.3) is 0 Å². The van der Waals surface area contributed by atoms with E-state index in [4.69, 9.17) is 23.1 Å². The van der Waals surface area contributed by atoms with Gasteiger partial charge < -0.3 is 10.8 Å². The lowest BCUT2D eigenvalue weighted by Gasteiger charge is -2.34. The highest BCUT2D eigenvalue weighted by molar-refractivity contribution is 7.80. The van der Waals surface area contributed by atoms with E-state index in [0.717, 1.165) is 44.8 Å². The van der Waals surface area contributed by atoms with E-state index in [2.05, 4.69) is 21.9 Å². The zero-order chi connectivity index (χ0) is 13.7. The van der Waals surface area contributed by atoms with Gasteiger partial charge >= 0.3 is 0 Å². The molecule has 0 aromatic heterocycles. The summed E-state index contributed by atoms with van der Waals surface area (Å²) in [5.41, 5.74) is 7.82. The van der Waals surface area contributed by atoms with Crippen molar-refractivity contribution in [3.05, 3.63) is 35.4 Å². The maximum Gasteiger partial charge on any atom is 0.0870 e. The lowest BCUT2D eigenvalue weighted by molar-refractivity contribution is 0.140. The van der Waals surface area contributed by atoms with E-state index in [1.807, 2.05) is 12.1 Å². The number of hydrogen-bond donors (Lipinski definition) is 2. The van der Waals surface area contributed by atoms with Crippen LogP contribution in [0.2, 0.25) is 0 Å². The summed E-state index contributed by atoms with van der Waals surface area (Å²) in [6.45, 7) is 5.94. The van der Waals surface area contributed by atoms with Gasteiger partial charge in [-0.2, -0.15) is 0 Å². The van der Waals surface area contributed by atoms with Gasteiger partial charge in [-0.15, -0.1) is 0 Å². The number of thiocarbonyl (C=S) groups is 1. The molecule has 1 aromatic carbocycles. The van der Waals surface area contributed by atoms with Crippen molar-refractivity contribution in [2.45, 2.75) is 13.2 Å². The topological polar surface area (TPSA) is 52.7 Å². The molecule has 1 aromatic rings. The highest BCUT2D eigenvalue weighted by Crippen LogP contribution is 2.10. The van der Waals surface area contributed by atoms with Gasteiger partial charge in [0.1, 0.15) is 0 Å². The summed E-state index contributed by atoms with van der Waals surface area (Å²) in [7, 11) is 0. The van der Waals surface area contributed by atoms with Gasteiger partial charge in [0.05, 0.1) is 11.6 Å². The molecule has 0 atom stereocenters. The first-order valence-corrected chi connectivity index (χ1v) is 7.00. The lowest BCUT2D eigenvalue weighted by atomic mass is 10.1. The molecule has 3 N–H and O–H groups in total. The maximum atomic E-state index is 9.01. The van der Waals surface area contributed by atoms with Crippen molar-refractivity contribution in [2.24, 2.45) is 5.73 Å². The van der Waals surface area contributed by atoms with Crippen LogP contribution in [0.5, 0.6) is 0 Å². The highest BCUT2D eigenvalue weighted by Gasteiger charge is 2.17. The molecular weight excluding hydrogens is 258 g/mol. The van der Waals surface area contributed by atoms with Gasteiger partial charge in [0.2, 0.25) is 0 Å². The Morgan fingerprint density at radius 3 is 2.11 bits per heavy atom. The smallest absolute Gasteiger partial charge is 0.0870 e. The second kappa shape index (κ2) is 6.96. The van der Waals surface area contributed by atoms with Gasteiger partial charge in [0, 0.05) is 39.3 Å². The van der Waals surface area contributed by atoms with E-state index >= 15 is 0 Å². The van der Waals surface area contributed by atoms with Gasteiger partial charge in [-0.1, -0.05) is 36.5 Å². The molecule has 0 spiro atoms. The van der Waals surface area contributed by atoms with E-state index in [9.17, 15) is 0 Å². The van der Waals surface area contributed by atoms with E-state index in [-0.39, 0.29) is 6.61 Å². The summed E-state index contributed by atoms with van der Waals surface area (Å²) >= 11 is 4.94. The molecule has 1 aliphatic rings. The van der Waals surface area contributed by atoms with Crippen LogP contribution in [0, 0.1) is 0 Å². The SMILES string of the molecule is NC(=S)CN1CCN(Cc2ccc(CO)cc2)CC1. The fourth-order valence-electron chi connectivity index (χ4n) is 2.33. The number of nitrogens with zero attached hydrogens (tertiary/aromatic N) is 2. The van der Waals surface area contributed by atoms with Gasteiger partial charge in [-0.25, -0.2) is 0 Å². The number of aliphatic hydroxyl groups excluding tert-OH is 1. The Labute approximate surface area is 119 Å². The molecule has 0 amide bonds. The quantitative estimate of drug-likeness (QED) is 0.772. The van der Waals surface area contributed by atoms with Crippen molar-refractivity contribution in [3.8, 4) is 0 Å². The molecule has 104 valence electrons. The Hall–Kier alpha value is -1.01. The van der Waals surface area contributed by atoms with Crippen molar-refractivity contribution in [1.82, 2.24) is 9.80 Å². The van der Waals surface area contributed by atoms with Crippen LogP contribution in [0.3, 0.4) is 0 Å². The first kappa shape index (κ1) is 14.4. The van der Waals surface area contributed by atoms with Crippen LogP contribution < -0.4 is 5.73 Å². The second-order valence-corrected chi connectivity index (χ2v) is 5.52. The molecule has 2 rings (SSSR count). The molecule has 0 unspecified atom stereocenters. The van der Waals surface area contributed by atoms with E-state index < -0.39 is 0 Å². The summed E-state index contributed by atoms with van der Waals surface area (Å²) in [6.07, 6.45) is 0.